The quantitative estimate of drug-likeness (QED) is 0.908. The molecule has 2 atom stereocenters. The summed E-state index contributed by atoms with van der Waals surface area (Å²) in [5.74, 6) is 0.353. The zero-order valence-electron chi connectivity index (χ0n) is 11.5. The monoisotopic (exact) mass is 274 g/mol. The van der Waals surface area contributed by atoms with Crippen molar-refractivity contribution in [3.63, 3.8) is 0 Å². The fourth-order valence-corrected chi connectivity index (χ4v) is 2.81. The van der Waals surface area contributed by atoms with Crippen molar-refractivity contribution >= 4 is 11.6 Å². The second-order valence-corrected chi connectivity index (χ2v) is 5.33. The van der Waals surface area contributed by atoms with Crippen molar-refractivity contribution < 1.29 is 0 Å². The van der Waals surface area contributed by atoms with Gasteiger partial charge in [0.15, 0.2) is 0 Å². The molecule has 1 aromatic carbocycles. The number of nitrogens with one attached hydrogen (secondary N) is 1. The molecule has 2 unspecified atom stereocenters. The highest BCUT2D eigenvalue weighted by Crippen LogP contribution is 2.31. The number of pyridine rings is 1. The minimum Gasteiger partial charge on any atom is -0.312 e. The number of rotatable bonds is 4. The van der Waals surface area contributed by atoms with Crippen molar-refractivity contribution in [2.45, 2.75) is 25.8 Å². The number of hydrogen-bond acceptors (Lipinski definition) is 2. The van der Waals surface area contributed by atoms with Gasteiger partial charge in [-0.3, -0.25) is 4.98 Å². The van der Waals surface area contributed by atoms with Gasteiger partial charge >= 0.3 is 0 Å². The van der Waals surface area contributed by atoms with Crippen molar-refractivity contribution in [1.82, 2.24) is 10.3 Å². The van der Waals surface area contributed by atoms with Crippen molar-refractivity contribution in [3.8, 4) is 0 Å². The van der Waals surface area contributed by atoms with E-state index in [2.05, 4.69) is 42.3 Å². The lowest BCUT2D eigenvalue weighted by molar-refractivity contribution is 0.507. The van der Waals surface area contributed by atoms with Crippen LogP contribution in [0.15, 0.2) is 42.7 Å². The molecule has 19 heavy (non-hydrogen) atoms. The van der Waals surface area contributed by atoms with Crippen LogP contribution in [0.4, 0.5) is 0 Å². The maximum atomic E-state index is 6.16. The molecule has 2 nitrogen and oxygen atoms in total. The molecule has 2 aromatic rings. The van der Waals surface area contributed by atoms with Crippen LogP contribution in [0.2, 0.25) is 5.02 Å². The Morgan fingerprint density at radius 2 is 1.79 bits per heavy atom. The van der Waals surface area contributed by atoms with E-state index < -0.39 is 0 Å². The van der Waals surface area contributed by atoms with Crippen molar-refractivity contribution in [2.75, 3.05) is 7.05 Å². The molecule has 0 saturated heterocycles. The predicted octanol–water partition coefficient (Wildman–Crippen LogP) is 4.11. The van der Waals surface area contributed by atoms with Gasteiger partial charge in [0.2, 0.25) is 0 Å². The predicted molar refractivity (Wildman–Crippen MR) is 80.6 cm³/mol. The summed E-state index contributed by atoms with van der Waals surface area (Å²) < 4.78 is 0. The first kappa shape index (κ1) is 14.0. The van der Waals surface area contributed by atoms with E-state index in [1.54, 1.807) is 0 Å². The summed E-state index contributed by atoms with van der Waals surface area (Å²) in [6.07, 6.45) is 3.67. The summed E-state index contributed by atoms with van der Waals surface area (Å²) in [7, 11) is 1.98. The first-order chi connectivity index (χ1) is 9.11. The van der Waals surface area contributed by atoms with Gasteiger partial charge in [0.25, 0.3) is 0 Å². The van der Waals surface area contributed by atoms with E-state index in [0.29, 0.717) is 5.92 Å². The molecule has 1 heterocycles. The van der Waals surface area contributed by atoms with E-state index >= 15 is 0 Å². The zero-order valence-corrected chi connectivity index (χ0v) is 12.3. The van der Waals surface area contributed by atoms with Crippen LogP contribution in [0.1, 0.15) is 35.6 Å². The maximum Gasteiger partial charge on any atom is 0.0411 e. The van der Waals surface area contributed by atoms with Crippen LogP contribution in [-0.2, 0) is 0 Å². The molecule has 0 fully saturated rings. The van der Waals surface area contributed by atoms with Crippen LogP contribution in [0.5, 0.6) is 0 Å². The van der Waals surface area contributed by atoms with Gasteiger partial charge < -0.3 is 5.32 Å². The number of benzene rings is 1. The Morgan fingerprint density at radius 1 is 1.11 bits per heavy atom. The molecular formula is C16H19ClN2. The lowest BCUT2D eigenvalue weighted by Crippen LogP contribution is -2.22. The molecule has 0 amide bonds. The highest BCUT2D eigenvalue weighted by Gasteiger charge is 2.19. The summed E-state index contributed by atoms with van der Waals surface area (Å²) in [5, 5.41) is 4.18. The van der Waals surface area contributed by atoms with Crippen molar-refractivity contribution in [2.24, 2.45) is 0 Å². The first-order valence-corrected chi connectivity index (χ1v) is 6.84. The molecule has 0 spiro atoms. The van der Waals surface area contributed by atoms with Crippen molar-refractivity contribution in [1.29, 1.82) is 0 Å². The highest BCUT2D eigenvalue weighted by atomic mass is 35.5. The molecular weight excluding hydrogens is 256 g/mol. The van der Waals surface area contributed by atoms with Crippen LogP contribution in [-0.4, -0.2) is 12.0 Å². The molecule has 0 aliphatic heterocycles. The average molecular weight is 275 g/mol. The Kier molecular flexibility index (Phi) is 4.56. The van der Waals surface area contributed by atoms with E-state index in [0.717, 1.165) is 5.02 Å². The van der Waals surface area contributed by atoms with Gasteiger partial charge in [-0.25, -0.2) is 0 Å². The molecule has 1 N–H and O–H groups in total. The molecule has 0 saturated carbocycles. The van der Waals surface area contributed by atoms with E-state index in [1.165, 1.54) is 16.7 Å². The normalized spacial score (nSPS) is 14.1. The lowest BCUT2D eigenvalue weighted by Gasteiger charge is -2.25. The van der Waals surface area contributed by atoms with Gasteiger partial charge in [-0.2, -0.15) is 0 Å². The summed E-state index contributed by atoms with van der Waals surface area (Å²) in [5.41, 5.74) is 3.67. The topological polar surface area (TPSA) is 24.9 Å². The summed E-state index contributed by atoms with van der Waals surface area (Å²) in [6, 6.07) is 10.6. The van der Waals surface area contributed by atoms with Gasteiger partial charge in [-0.15, -0.1) is 0 Å². The molecule has 0 aliphatic carbocycles. The van der Waals surface area contributed by atoms with Gasteiger partial charge in [-0.05, 0) is 54.9 Å². The fraction of sp³-hybridized carbons (Fsp3) is 0.312. The number of aromatic nitrogens is 1. The Hall–Kier alpha value is -1.38. The second kappa shape index (κ2) is 6.18. The smallest absolute Gasteiger partial charge is 0.0411 e. The largest absolute Gasteiger partial charge is 0.312 e. The standard InChI is InChI=1S/C16H19ClN2/c1-11-8-14(10-15(17)9-11)16(18-3)12(2)13-4-6-19-7-5-13/h4-10,12,16,18H,1-3H3. The van der Waals surface area contributed by atoms with E-state index in [-0.39, 0.29) is 6.04 Å². The fourth-order valence-electron chi connectivity index (χ4n) is 2.51. The second-order valence-electron chi connectivity index (χ2n) is 4.90. The lowest BCUT2D eigenvalue weighted by atomic mass is 9.88. The number of nitrogens with zero attached hydrogens (tertiary/aromatic N) is 1. The van der Waals surface area contributed by atoms with Gasteiger partial charge in [0.1, 0.15) is 0 Å². The third-order valence-electron chi connectivity index (χ3n) is 3.47. The number of aryl methyl sites for hydroxylation is 1. The maximum absolute atomic E-state index is 6.16. The van der Waals surface area contributed by atoms with E-state index in [1.807, 2.05) is 31.6 Å². The SMILES string of the molecule is CNC(c1cc(C)cc(Cl)c1)C(C)c1ccncc1. The average Bonchev–Trinajstić information content (AvgIpc) is 2.39. The minimum atomic E-state index is 0.236. The van der Waals surface area contributed by atoms with Crippen LogP contribution >= 0.6 is 11.6 Å². The first-order valence-electron chi connectivity index (χ1n) is 6.46. The molecule has 0 bridgehead atoms. The zero-order chi connectivity index (χ0) is 13.8. The number of likely N-dealkylation sites (N-methyl/N-ethyl adjacent to an activating group) is 1. The summed E-state index contributed by atoms with van der Waals surface area (Å²) in [6.45, 7) is 4.28. The molecule has 0 radical (unpaired) electrons. The van der Waals surface area contributed by atoms with Crippen molar-refractivity contribution in [3.05, 3.63) is 64.4 Å². The Morgan fingerprint density at radius 3 is 2.37 bits per heavy atom. The molecule has 0 aliphatic rings. The van der Waals surface area contributed by atoms with Crippen LogP contribution in [0.25, 0.3) is 0 Å². The van der Waals surface area contributed by atoms with E-state index in [9.17, 15) is 0 Å². The van der Waals surface area contributed by atoms with Gasteiger partial charge in [-0.1, -0.05) is 24.6 Å². The highest BCUT2D eigenvalue weighted by molar-refractivity contribution is 6.30. The third-order valence-corrected chi connectivity index (χ3v) is 3.68. The van der Waals surface area contributed by atoms with Crippen LogP contribution < -0.4 is 5.32 Å². The minimum absolute atomic E-state index is 0.236. The molecule has 2 rings (SSSR count). The molecule has 1 aromatic heterocycles. The number of hydrogen-bond donors (Lipinski definition) is 1. The van der Waals surface area contributed by atoms with Gasteiger partial charge in [0.05, 0.1) is 0 Å². The Bertz CT molecular complexity index is 519. The summed E-state index contributed by atoms with van der Waals surface area (Å²) >= 11 is 6.16. The summed E-state index contributed by atoms with van der Waals surface area (Å²) in [4.78, 5) is 4.07. The molecule has 100 valence electrons. The van der Waals surface area contributed by atoms with E-state index in [4.69, 9.17) is 11.6 Å². The van der Waals surface area contributed by atoms with Gasteiger partial charge in [0, 0.05) is 29.4 Å². The third kappa shape index (κ3) is 3.34. The molecule has 3 heteroatoms. The van der Waals surface area contributed by atoms with Crippen LogP contribution in [0.3, 0.4) is 0 Å². The Balaban J connectivity index is 2.34. The van der Waals surface area contributed by atoms with Crippen LogP contribution in [0, 0.1) is 6.92 Å². The number of halogens is 1. The Labute approximate surface area is 119 Å².